The summed E-state index contributed by atoms with van der Waals surface area (Å²) in [7, 11) is 0. The molecule has 30 heavy (non-hydrogen) atoms. The molecule has 166 valence electrons. The summed E-state index contributed by atoms with van der Waals surface area (Å²) in [5, 5.41) is 2.79. The van der Waals surface area contributed by atoms with Crippen molar-refractivity contribution in [3.05, 3.63) is 48.0 Å². The maximum absolute atomic E-state index is 13.1. The molecule has 5 heteroatoms. The Hall–Kier alpha value is -2.30. The highest BCUT2D eigenvalue weighted by molar-refractivity contribution is 5.90. The zero-order chi connectivity index (χ0) is 22.5. The van der Waals surface area contributed by atoms with Crippen LogP contribution < -0.4 is 5.32 Å². The number of hydrogen-bond donors (Lipinski definition) is 1. The van der Waals surface area contributed by atoms with Crippen LogP contribution in [0.5, 0.6) is 0 Å². The van der Waals surface area contributed by atoms with Gasteiger partial charge >= 0.3 is 12.1 Å². The van der Waals surface area contributed by atoms with Crippen molar-refractivity contribution >= 4 is 12.1 Å². The highest BCUT2D eigenvalue weighted by Crippen LogP contribution is 2.36. The Kier molecular flexibility index (Phi) is 8.10. The van der Waals surface area contributed by atoms with Crippen LogP contribution in [0.15, 0.2) is 42.5 Å². The molecule has 1 aromatic carbocycles. The summed E-state index contributed by atoms with van der Waals surface area (Å²) in [6.45, 7) is 15.9. The van der Waals surface area contributed by atoms with E-state index < -0.39 is 23.7 Å². The summed E-state index contributed by atoms with van der Waals surface area (Å²) < 4.78 is 11.3. The Morgan fingerprint density at radius 1 is 1.13 bits per heavy atom. The fourth-order valence-corrected chi connectivity index (χ4v) is 4.02. The largest absolute Gasteiger partial charge is 0.459 e. The quantitative estimate of drug-likeness (QED) is 0.470. The molecule has 0 aromatic heterocycles. The van der Waals surface area contributed by atoms with Crippen LogP contribution in [0.2, 0.25) is 0 Å². The number of carbonyl (C=O) groups is 2. The second-order valence-corrected chi connectivity index (χ2v) is 9.79. The topological polar surface area (TPSA) is 64.6 Å². The lowest BCUT2D eigenvalue weighted by atomic mass is 9.75. The minimum absolute atomic E-state index is 0.129. The third-order valence-corrected chi connectivity index (χ3v) is 5.62. The van der Waals surface area contributed by atoms with E-state index in [-0.39, 0.29) is 11.7 Å². The monoisotopic (exact) mass is 415 g/mol. The molecule has 1 aromatic rings. The number of esters is 1. The molecule has 1 aliphatic rings. The SMILES string of the molecule is C=C(C(=O)O[C@@H]1C[C@H](C)CC[C@H]1C(C)C)C(NC(=O)OC(C)(C)C)c1ccccc1. The molecule has 1 N–H and O–H groups in total. The van der Waals surface area contributed by atoms with Crippen molar-refractivity contribution < 1.29 is 19.1 Å². The van der Waals surface area contributed by atoms with Gasteiger partial charge in [-0.25, -0.2) is 9.59 Å². The molecule has 1 unspecified atom stereocenters. The van der Waals surface area contributed by atoms with Gasteiger partial charge in [-0.3, -0.25) is 0 Å². The average Bonchev–Trinajstić information content (AvgIpc) is 2.64. The number of hydrogen-bond acceptors (Lipinski definition) is 4. The highest BCUT2D eigenvalue weighted by Gasteiger charge is 2.35. The van der Waals surface area contributed by atoms with Crippen LogP contribution in [0.1, 0.15) is 72.4 Å². The zero-order valence-corrected chi connectivity index (χ0v) is 19.2. The first-order valence-corrected chi connectivity index (χ1v) is 10.9. The predicted molar refractivity (Wildman–Crippen MR) is 119 cm³/mol. The standard InChI is InChI=1S/C25H37NO4/c1-16(2)20-14-13-17(3)15-21(20)29-23(27)18(4)22(19-11-9-8-10-12-19)26-24(28)30-25(5,6)7/h8-12,16-17,20-22H,4,13-15H2,1-3,5-7H3,(H,26,28)/t17-,20+,21-,22?/m1/s1. The van der Waals surface area contributed by atoms with Crippen molar-refractivity contribution in [1.29, 1.82) is 0 Å². The molecule has 2 rings (SSSR count). The van der Waals surface area contributed by atoms with E-state index in [4.69, 9.17) is 9.47 Å². The van der Waals surface area contributed by atoms with E-state index in [1.165, 1.54) is 0 Å². The molecule has 0 aliphatic heterocycles. The van der Waals surface area contributed by atoms with Crippen LogP contribution in [0.3, 0.4) is 0 Å². The molecule has 0 saturated heterocycles. The first kappa shape index (κ1) is 24.0. The van der Waals surface area contributed by atoms with E-state index in [2.05, 4.69) is 32.7 Å². The molecule has 5 nitrogen and oxygen atoms in total. The summed E-state index contributed by atoms with van der Waals surface area (Å²) >= 11 is 0. The van der Waals surface area contributed by atoms with Crippen molar-refractivity contribution in [2.75, 3.05) is 0 Å². The Morgan fingerprint density at radius 2 is 1.77 bits per heavy atom. The smallest absolute Gasteiger partial charge is 0.408 e. The molecular weight excluding hydrogens is 378 g/mol. The number of alkyl carbamates (subject to hydrolysis) is 1. The van der Waals surface area contributed by atoms with Gasteiger partial charge in [0.2, 0.25) is 0 Å². The van der Waals surface area contributed by atoms with Gasteiger partial charge < -0.3 is 14.8 Å². The van der Waals surface area contributed by atoms with Gasteiger partial charge in [-0.05, 0) is 56.9 Å². The Labute approximate surface area is 181 Å². The van der Waals surface area contributed by atoms with Crippen molar-refractivity contribution in [3.8, 4) is 0 Å². The number of carbonyl (C=O) groups excluding carboxylic acids is 2. The Morgan fingerprint density at radius 3 is 2.33 bits per heavy atom. The van der Waals surface area contributed by atoms with E-state index in [9.17, 15) is 9.59 Å². The Bertz CT molecular complexity index is 735. The molecule has 0 heterocycles. The fourth-order valence-electron chi connectivity index (χ4n) is 4.02. The van der Waals surface area contributed by atoms with Crippen LogP contribution in [0.4, 0.5) is 4.79 Å². The third kappa shape index (κ3) is 6.89. The lowest BCUT2D eigenvalue weighted by Crippen LogP contribution is -2.39. The van der Waals surface area contributed by atoms with Crippen LogP contribution >= 0.6 is 0 Å². The average molecular weight is 416 g/mol. The number of rotatable bonds is 6. The third-order valence-electron chi connectivity index (χ3n) is 5.62. The van der Waals surface area contributed by atoms with Crippen molar-refractivity contribution in [2.45, 2.75) is 78.6 Å². The molecule has 1 amide bonds. The summed E-state index contributed by atoms with van der Waals surface area (Å²) in [5.41, 5.74) is 0.311. The summed E-state index contributed by atoms with van der Waals surface area (Å²) in [6, 6.07) is 8.57. The lowest BCUT2D eigenvalue weighted by molar-refractivity contribution is -0.151. The van der Waals surface area contributed by atoms with Crippen LogP contribution in [-0.2, 0) is 14.3 Å². The van der Waals surface area contributed by atoms with Gasteiger partial charge in [0.25, 0.3) is 0 Å². The molecule has 1 saturated carbocycles. The van der Waals surface area contributed by atoms with Crippen LogP contribution in [-0.4, -0.2) is 23.8 Å². The van der Waals surface area contributed by atoms with Gasteiger partial charge in [-0.2, -0.15) is 0 Å². The Balaban J connectivity index is 2.18. The van der Waals surface area contributed by atoms with E-state index in [1.807, 2.05) is 30.3 Å². The van der Waals surface area contributed by atoms with E-state index in [0.717, 1.165) is 24.8 Å². The van der Waals surface area contributed by atoms with Gasteiger partial charge in [0, 0.05) is 0 Å². The van der Waals surface area contributed by atoms with E-state index in [0.29, 0.717) is 17.8 Å². The fraction of sp³-hybridized carbons (Fsp3) is 0.600. The first-order valence-electron chi connectivity index (χ1n) is 10.9. The zero-order valence-electron chi connectivity index (χ0n) is 19.2. The predicted octanol–water partition coefficient (Wildman–Crippen LogP) is 5.81. The second kappa shape index (κ2) is 10.1. The van der Waals surface area contributed by atoms with Crippen molar-refractivity contribution in [1.82, 2.24) is 5.32 Å². The van der Waals surface area contributed by atoms with Gasteiger partial charge in [-0.15, -0.1) is 0 Å². The molecule has 0 radical (unpaired) electrons. The number of nitrogens with one attached hydrogen (secondary N) is 1. The summed E-state index contributed by atoms with van der Waals surface area (Å²) in [5.74, 6) is 0.834. The first-order chi connectivity index (χ1) is 14.0. The highest BCUT2D eigenvalue weighted by atomic mass is 16.6. The summed E-state index contributed by atoms with van der Waals surface area (Å²) in [4.78, 5) is 25.5. The molecule has 0 bridgehead atoms. The van der Waals surface area contributed by atoms with E-state index in [1.54, 1.807) is 20.8 Å². The lowest BCUT2D eigenvalue weighted by Gasteiger charge is -2.37. The van der Waals surface area contributed by atoms with Crippen LogP contribution in [0, 0.1) is 17.8 Å². The summed E-state index contributed by atoms with van der Waals surface area (Å²) in [6.07, 6.45) is 2.34. The minimum atomic E-state index is -0.716. The van der Waals surface area contributed by atoms with Gasteiger partial charge in [-0.1, -0.05) is 64.1 Å². The van der Waals surface area contributed by atoms with Gasteiger partial charge in [0.1, 0.15) is 11.7 Å². The molecular formula is C25H37NO4. The van der Waals surface area contributed by atoms with Gasteiger partial charge in [0.05, 0.1) is 11.6 Å². The second-order valence-electron chi connectivity index (χ2n) is 9.79. The molecule has 1 aliphatic carbocycles. The minimum Gasteiger partial charge on any atom is -0.459 e. The molecule has 0 spiro atoms. The maximum Gasteiger partial charge on any atom is 0.408 e. The molecule has 1 fully saturated rings. The van der Waals surface area contributed by atoms with Crippen molar-refractivity contribution in [3.63, 3.8) is 0 Å². The normalized spacial score (nSPS) is 22.8. The van der Waals surface area contributed by atoms with Gasteiger partial charge in [0.15, 0.2) is 0 Å². The number of ether oxygens (including phenoxy) is 2. The number of amides is 1. The molecule has 4 atom stereocenters. The number of benzene rings is 1. The van der Waals surface area contributed by atoms with Crippen molar-refractivity contribution in [2.24, 2.45) is 17.8 Å². The van der Waals surface area contributed by atoms with E-state index >= 15 is 0 Å². The maximum atomic E-state index is 13.1. The van der Waals surface area contributed by atoms with Crippen LogP contribution in [0.25, 0.3) is 0 Å².